The molecule has 0 saturated carbocycles. The maximum Gasteiger partial charge on any atom is 0.166 e. The normalized spacial score (nSPS) is 10.6. The summed E-state index contributed by atoms with van der Waals surface area (Å²) in [6, 6.07) is 5.87. The van der Waals surface area contributed by atoms with Gasteiger partial charge in [0.1, 0.15) is 0 Å². The summed E-state index contributed by atoms with van der Waals surface area (Å²) in [6.07, 6.45) is 0.827. The highest BCUT2D eigenvalue weighted by Gasteiger charge is 2.03. The van der Waals surface area contributed by atoms with Crippen LogP contribution in [0.25, 0.3) is 10.9 Å². The number of aryl methyl sites for hydroxylation is 1. The number of aromatic nitrogens is 1. The molecule has 0 aliphatic rings. The summed E-state index contributed by atoms with van der Waals surface area (Å²) in [4.78, 5) is 13.6. The number of H-pyrrole nitrogens is 1. The van der Waals surface area contributed by atoms with Crippen LogP contribution in [-0.2, 0) is 0 Å². The Morgan fingerprint density at radius 1 is 1.38 bits per heavy atom. The highest BCUT2D eigenvalue weighted by Crippen LogP contribution is 2.23. The zero-order valence-corrected chi connectivity index (χ0v) is 8.68. The van der Waals surface area contributed by atoms with Gasteiger partial charge in [-0.15, -0.1) is 0 Å². The Morgan fingerprint density at radius 3 is 2.85 bits per heavy atom. The van der Waals surface area contributed by atoms with E-state index in [0.717, 1.165) is 27.2 Å². The smallest absolute Gasteiger partial charge is 0.166 e. The molecule has 1 aromatic carbocycles. The second-order valence-electron chi connectivity index (χ2n) is 3.03. The fourth-order valence-electron chi connectivity index (χ4n) is 1.46. The Labute approximate surface area is 84.1 Å². The molecule has 0 atom stereocenters. The van der Waals surface area contributed by atoms with Crippen molar-refractivity contribution in [2.45, 2.75) is 6.92 Å². The van der Waals surface area contributed by atoms with Crippen LogP contribution in [0.5, 0.6) is 0 Å². The van der Waals surface area contributed by atoms with Crippen LogP contribution < -0.4 is 0 Å². The number of fused-ring (bicyclic) bond motifs is 1. The van der Waals surface area contributed by atoms with E-state index in [1.165, 1.54) is 0 Å². The van der Waals surface area contributed by atoms with Crippen molar-refractivity contribution in [2.75, 3.05) is 0 Å². The Hall–Kier alpha value is -1.09. The molecule has 0 aliphatic carbocycles. The van der Waals surface area contributed by atoms with Crippen molar-refractivity contribution in [3.63, 3.8) is 0 Å². The first-order chi connectivity index (χ1) is 6.20. The van der Waals surface area contributed by atoms with Gasteiger partial charge in [-0.25, -0.2) is 0 Å². The van der Waals surface area contributed by atoms with Crippen molar-refractivity contribution in [3.05, 3.63) is 33.9 Å². The minimum absolute atomic E-state index is 0.621. The standard InChI is InChI=1S/C10H8BrNO/c1-6-2-7(11)3-10-9(6)4-8(5-13)12-10/h2-5,12H,1H3. The molecule has 1 aromatic heterocycles. The van der Waals surface area contributed by atoms with Crippen molar-refractivity contribution in [1.82, 2.24) is 4.98 Å². The van der Waals surface area contributed by atoms with Crippen LogP contribution in [0.4, 0.5) is 0 Å². The molecule has 0 saturated heterocycles. The van der Waals surface area contributed by atoms with E-state index >= 15 is 0 Å². The molecule has 13 heavy (non-hydrogen) atoms. The lowest BCUT2D eigenvalue weighted by atomic mass is 10.1. The first kappa shape index (κ1) is 8.51. The molecular formula is C10H8BrNO. The van der Waals surface area contributed by atoms with Gasteiger partial charge in [0.25, 0.3) is 0 Å². The van der Waals surface area contributed by atoms with Gasteiger partial charge in [0, 0.05) is 15.4 Å². The molecular weight excluding hydrogens is 230 g/mol. The number of carbonyl (C=O) groups is 1. The molecule has 0 aliphatic heterocycles. The molecule has 2 aromatic rings. The van der Waals surface area contributed by atoms with E-state index in [0.29, 0.717) is 5.69 Å². The predicted octanol–water partition coefficient (Wildman–Crippen LogP) is 3.05. The summed E-state index contributed by atoms with van der Waals surface area (Å²) >= 11 is 3.41. The van der Waals surface area contributed by atoms with Crippen molar-refractivity contribution in [2.24, 2.45) is 0 Å². The number of hydrogen-bond acceptors (Lipinski definition) is 1. The number of benzene rings is 1. The summed E-state index contributed by atoms with van der Waals surface area (Å²) in [5.41, 5.74) is 2.78. The number of hydrogen-bond donors (Lipinski definition) is 1. The molecule has 0 bridgehead atoms. The van der Waals surface area contributed by atoms with Crippen molar-refractivity contribution in [1.29, 1.82) is 0 Å². The van der Waals surface area contributed by atoms with Crippen LogP contribution in [0.15, 0.2) is 22.7 Å². The highest BCUT2D eigenvalue weighted by molar-refractivity contribution is 9.10. The summed E-state index contributed by atoms with van der Waals surface area (Å²) in [5.74, 6) is 0. The SMILES string of the molecule is Cc1cc(Br)cc2[nH]c(C=O)cc12. The summed E-state index contributed by atoms with van der Waals surface area (Å²) < 4.78 is 1.02. The molecule has 1 N–H and O–H groups in total. The van der Waals surface area contributed by atoms with E-state index in [9.17, 15) is 4.79 Å². The molecule has 0 amide bonds. The zero-order chi connectivity index (χ0) is 9.42. The molecule has 66 valence electrons. The van der Waals surface area contributed by atoms with E-state index in [-0.39, 0.29) is 0 Å². The van der Waals surface area contributed by atoms with E-state index in [1.807, 2.05) is 25.1 Å². The van der Waals surface area contributed by atoms with Gasteiger partial charge in [0.05, 0.1) is 5.69 Å². The minimum atomic E-state index is 0.621. The van der Waals surface area contributed by atoms with Crippen molar-refractivity contribution >= 4 is 33.1 Å². The van der Waals surface area contributed by atoms with Crippen LogP contribution in [0.3, 0.4) is 0 Å². The lowest BCUT2D eigenvalue weighted by molar-refractivity contribution is 0.112. The quantitative estimate of drug-likeness (QED) is 0.761. The third-order valence-electron chi connectivity index (χ3n) is 2.06. The van der Waals surface area contributed by atoms with Crippen LogP contribution in [0, 0.1) is 6.92 Å². The third-order valence-corrected chi connectivity index (χ3v) is 2.52. The molecule has 1 heterocycles. The fraction of sp³-hybridized carbons (Fsp3) is 0.100. The summed E-state index contributed by atoms with van der Waals surface area (Å²) in [7, 11) is 0. The molecule has 2 nitrogen and oxygen atoms in total. The Bertz CT molecular complexity index is 473. The van der Waals surface area contributed by atoms with Gasteiger partial charge >= 0.3 is 0 Å². The molecule has 0 spiro atoms. The number of aromatic amines is 1. The Morgan fingerprint density at radius 2 is 2.15 bits per heavy atom. The first-order valence-electron chi connectivity index (χ1n) is 3.95. The number of nitrogens with one attached hydrogen (secondary N) is 1. The lowest BCUT2D eigenvalue weighted by Gasteiger charge is -1.96. The minimum Gasteiger partial charge on any atom is -0.352 e. The lowest BCUT2D eigenvalue weighted by Crippen LogP contribution is -1.75. The van der Waals surface area contributed by atoms with Gasteiger partial charge < -0.3 is 4.98 Å². The Balaban J connectivity index is 2.82. The second-order valence-corrected chi connectivity index (χ2v) is 3.94. The van der Waals surface area contributed by atoms with Gasteiger partial charge in [-0.3, -0.25) is 4.79 Å². The maximum absolute atomic E-state index is 10.5. The van der Waals surface area contributed by atoms with Crippen LogP contribution in [0.1, 0.15) is 16.1 Å². The number of halogens is 1. The average molecular weight is 238 g/mol. The van der Waals surface area contributed by atoms with E-state index in [2.05, 4.69) is 20.9 Å². The van der Waals surface area contributed by atoms with Crippen molar-refractivity contribution in [3.8, 4) is 0 Å². The van der Waals surface area contributed by atoms with Gasteiger partial charge in [-0.05, 0) is 30.7 Å². The maximum atomic E-state index is 10.5. The molecule has 0 fully saturated rings. The van der Waals surface area contributed by atoms with Gasteiger partial charge in [0.2, 0.25) is 0 Å². The van der Waals surface area contributed by atoms with Crippen LogP contribution >= 0.6 is 15.9 Å². The zero-order valence-electron chi connectivity index (χ0n) is 7.10. The number of aldehydes is 1. The van der Waals surface area contributed by atoms with Crippen molar-refractivity contribution < 1.29 is 4.79 Å². The predicted molar refractivity (Wildman–Crippen MR) is 56.1 cm³/mol. The summed E-state index contributed by atoms with van der Waals surface area (Å²) in [5, 5.41) is 1.10. The van der Waals surface area contributed by atoms with Crippen LogP contribution in [0.2, 0.25) is 0 Å². The van der Waals surface area contributed by atoms with Crippen LogP contribution in [-0.4, -0.2) is 11.3 Å². The van der Waals surface area contributed by atoms with Gasteiger partial charge in [-0.2, -0.15) is 0 Å². The summed E-state index contributed by atoms with van der Waals surface area (Å²) in [6.45, 7) is 2.02. The average Bonchev–Trinajstić information content (AvgIpc) is 2.47. The topological polar surface area (TPSA) is 32.9 Å². The Kier molecular flexibility index (Phi) is 1.96. The third kappa shape index (κ3) is 1.40. The number of rotatable bonds is 1. The van der Waals surface area contributed by atoms with Gasteiger partial charge in [0.15, 0.2) is 6.29 Å². The van der Waals surface area contributed by atoms with E-state index in [1.54, 1.807) is 0 Å². The molecule has 0 radical (unpaired) electrons. The second kappa shape index (κ2) is 3.00. The van der Waals surface area contributed by atoms with Gasteiger partial charge in [-0.1, -0.05) is 15.9 Å². The van der Waals surface area contributed by atoms with E-state index in [4.69, 9.17) is 0 Å². The molecule has 0 unspecified atom stereocenters. The molecule has 2 rings (SSSR count). The molecule has 3 heteroatoms. The highest BCUT2D eigenvalue weighted by atomic mass is 79.9. The first-order valence-corrected chi connectivity index (χ1v) is 4.74. The monoisotopic (exact) mass is 237 g/mol. The number of carbonyl (C=O) groups excluding carboxylic acids is 1. The largest absolute Gasteiger partial charge is 0.352 e. The van der Waals surface area contributed by atoms with E-state index < -0.39 is 0 Å². The fourth-order valence-corrected chi connectivity index (χ4v) is 2.03.